The molecule has 1 atom stereocenters. The quantitative estimate of drug-likeness (QED) is 0.768. The van der Waals surface area contributed by atoms with Gasteiger partial charge in [-0.1, -0.05) is 11.6 Å². The van der Waals surface area contributed by atoms with Crippen LogP contribution in [0, 0.1) is 0 Å². The summed E-state index contributed by atoms with van der Waals surface area (Å²) in [6.45, 7) is 6.91. The van der Waals surface area contributed by atoms with Gasteiger partial charge in [0.25, 0.3) is 0 Å². The minimum atomic E-state index is -3.69. The maximum absolute atomic E-state index is 12.7. The van der Waals surface area contributed by atoms with Crippen LogP contribution in [0.2, 0.25) is 5.02 Å². The summed E-state index contributed by atoms with van der Waals surface area (Å²) < 4.78 is 31.6. The van der Waals surface area contributed by atoms with Crippen LogP contribution in [0.1, 0.15) is 56.2 Å². The van der Waals surface area contributed by atoms with Crippen LogP contribution in [0.15, 0.2) is 11.1 Å². The Bertz CT molecular complexity index is 900. The zero-order chi connectivity index (χ0) is 20.2. The van der Waals surface area contributed by atoms with Crippen molar-refractivity contribution in [1.29, 1.82) is 0 Å². The molecule has 3 rings (SSSR count). The fraction of sp³-hybridized carbons (Fsp3) is 0.647. The van der Waals surface area contributed by atoms with Crippen LogP contribution >= 0.6 is 22.9 Å². The van der Waals surface area contributed by atoms with E-state index < -0.39 is 27.3 Å². The number of guanidine groups is 1. The zero-order valence-corrected chi connectivity index (χ0v) is 18.4. The fourth-order valence-electron chi connectivity index (χ4n) is 2.88. The number of ether oxygens (including phenoxy) is 1. The zero-order valence-electron chi connectivity index (χ0n) is 16.0. The molecule has 2 aliphatic rings. The van der Waals surface area contributed by atoms with Gasteiger partial charge in [-0.3, -0.25) is 0 Å². The molecule has 0 bridgehead atoms. The Balaban J connectivity index is 1.96. The first-order valence-electron chi connectivity index (χ1n) is 8.67. The van der Waals surface area contributed by atoms with Gasteiger partial charge in [0, 0.05) is 16.8 Å². The number of carbonyl (C=O) groups is 1. The highest BCUT2D eigenvalue weighted by Crippen LogP contribution is 2.48. The second kappa shape index (κ2) is 6.63. The van der Waals surface area contributed by atoms with Crippen LogP contribution in [0.25, 0.3) is 0 Å². The summed E-state index contributed by atoms with van der Waals surface area (Å²) in [6.07, 6.45) is 1.41. The Morgan fingerprint density at radius 1 is 1.44 bits per heavy atom. The van der Waals surface area contributed by atoms with E-state index in [2.05, 4.69) is 10.3 Å². The molecular weight excluding hydrogens is 410 g/mol. The van der Waals surface area contributed by atoms with E-state index in [-0.39, 0.29) is 11.7 Å². The van der Waals surface area contributed by atoms with Crippen molar-refractivity contribution in [2.45, 2.75) is 57.6 Å². The lowest BCUT2D eigenvalue weighted by molar-refractivity contribution is 0.0602. The fourth-order valence-corrected chi connectivity index (χ4v) is 6.29. The van der Waals surface area contributed by atoms with Crippen molar-refractivity contribution in [2.75, 3.05) is 12.8 Å². The van der Waals surface area contributed by atoms with Crippen molar-refractivity contribution < 1.29 is 17.9 Å². The first-order chi connectivity index (χ1) is 12.3. The summed E-state index contributed by atoms with van der Waals surface area (Å²) >= 11 is 7.96. The van der Waals surface area contributed by atoms with Crippen molar-refractivity contribution in [2.24, 2.45) is 4.99 Å². The molecule has 1 aromatic heterocycles. The molecule has 0 radical (unpaired) electrons. The largest absolute Gasteiger partial charge is 0.442 e. The summed E-state index contributed by atoms with van der Waals surface area (Å²) in [4.78, 5) is 17.9. The van der Waals surface area contributed by atoms with Crippen LogP contribution in [0.3, 0.4) is 0 Å². The van der Waals surface area contributed by atoms with Crippen molar-refractivity contribution in [1.82, 2.24) is 9.62 Å². The van der Waals surface area contributed by atoms with Crippen LogP contribution in [-0.4, -0.2) is 43.2 Å². The molecule has 0 unspecified atom stereocenters. The number of hydrogen-bond donors (Lipinski definition) is 1. The van der Waals surface area contributed by atoms with Crippen molar-refractivity contribution in [3.05, 3.63) is 20.8 Å². The summed E-state index contributed by atoms with van der Waals surface area (Å²) in [5, 5.41) is 3.64. The van der Waals surface area contributed by atoms with Gasteiger partial charge >= 0.3 is 6.09 Å². The molecule has 10 heteroatoms. The number of amides is 1. The molecule has 1 amide bonds. The maximum atomic E-state index is 12.7. The Hall–Kier alpha value is -1.32. The van der Waals surface area contributed by atoms with Gasteiger partial charge in [0.05, 0.1) is 16.3 Å². The van der Waals surface area contributed by atoms with Gasteiger partial charge in [-0.05, 0) is 52.5 Å². The normalized spacial score (nSPS) is 26.7. The number of nitrogens with zero attached hydrogens (tertiary/aromatic N) is 2. The number of nitrogens with one attached hydrogen (secondary N) is 1. The molecule has 27 heavy (non-hydrogen) atoms. The monoisotopic (exact) mass is 433 g/mol. The van der Waals surface area contributed by atoms with E-state index >= 15 is 0 Å². The molecular formula is C17H24ClN3O4S2. The number of aliphatic imine (C=N–C) groups is 1. The molecule has 1 aliphatic carbocycles. The minimum Gasteiger partial charge on any atom is -0.442 e. The molecule has 7 nitrogen and oxygen atoms in total. The molecule has 150 valence electrons. The Kier molecular flexibility index (Phi) is 5.01. The van der Waals surface area contributed by atoms with Gasteiger partial charge in [-0.15, -0.1) is 16.3 Å². The third-order valence-corrected chi connectivity index (χ3v) is 8.27. The molecule has 0 aromatic carbocycles. The molecule has 1 N–H and O–H groups in total. The second-order valence-corrected chi connectivity index (χ2v) is 11.7. The number of carbonyl (C=O) groups excluding carboxylic acids is 1. The average molecular weight is 434 g/mol. The van der Waals surface area contributed by atoms with E-state index in [9.17, 15) is 13.2 Å². The third-order valence-electron chi connectivity index (χ3n) is 4.35. The summed E-state index contributed by atoms with van der Waals surface area (Å²) in [6, 6.07) is 1.92. The lowest BCUT2D eigenvalue weighted by atomic mass is 10.0. The molecule has 2 fully saturated rings. The van der Waals surface area contributed by atoms with Crippen molar-refractivity contribution in [3.63, 3.8) is 0 Å². The Labute approximate surface area is 168 Å². The molecule has 1 saturated carbocycles. The van der Waals surface area contributed by atoms with E-state index in [0.717, 1.165) is 22.0 Å². The number of sulfonamides is 1. The molecule has 1 saturated heterocycles. The Morgan fingerprint density at radius 3 is 2.63 bits per heavy atom. The van der Waals surface area contributed by atoms with Crippen molar-refractivity contribution >= 4 is 45.0 Å². The number of halogens is 1. The van der Waals surface area contributed by atoms with Gasteiger partial charge in [0.2, 0.25) is 16.0 Å². The minimum absolute atomic E-state index is 0.0737. The Morgan fingerprint density at radius 2 is 2.07 bits per heavy atom. The van der Waals surface area contributed by atoms with Crippen LogP contribution in [-0.2, 0) is 20.3 Å². The van der Waals surface area contributed by atoms with E-state index in [0.29, 0.717) is 10.9 Å². The predicted molar refractivity (Wildman–Crippen MR) is 107 cm³/mol. The first-order valence-corrected chi connectivity index (χ1v) is 11.5. The number of hydrogen-bond acceptors (Lipinski definition) is 5. The lowest BCUT2D eigenvalue weighted by Gasteiger charge is -2.39. The molecule has 0 spiro atoms. The number of thiophene rings is 1. The van der Waals surface area contributed by atoms with E-state index in [4.69, 9.17) is 16.3 Å². The van der Waals surface area contributed by atoms with Gasteiger partial charge in [0.1, 0.15) is 5.60 Å². The van der Waals surface area contributed by atoms with Crippen molar-refractivity contribution in [3.8, 4) is 0 Å². The van der Waals surface area contributed by atoms with E-state index in [1.165, 1.54) is 23.3 Å². The summed E-state index contributed by atoms with van der Waals surface area (Å²) in [7, 11) is -2.33. The SMILES string of the molecule is CN1/C(=N/C(=O)OC(C)(C)C)N[C@](C)(c2sc(C3CC3)cc2Cl)CS1(=O)=O. The van der Waals surface area contributed by atoms with E-state index in [1.54, 1.807) is 27.7 Å². The smallest absolute Gasteiger partial charge is 0.437 e. The summed E-state index contributed by atoms with van der Waals surface area (Å²) in [5.41, 5.74) is -1.71. The van der Waals surface area contributed by atoms with Gasteiger partial charge in [0.15, 0.2) is 0 Å². The number of rotatable bonds is 2. The predicted octanol–water partition coefficient (Wildman–Crippen LogP) is 3.65. The van der Waals surface area contributed by atoms with Crippen LogP contribution in [0.5, 0.6) is 0 Å². The summed E-state index contributed by atoms with van der Waals surface area (Å²) in [5.74, 6) is 0.256. The molecule has 1 aromatic rings. The standard InChI is InChI=1S/C17H24ClN3O4S2/c1-16(2,3)25-15(22)19-14-20-17(4,9-27(23,24)21(14)5)13-11(18)8-12(26-13)10-6-7-10/h8,10H,6-7,9H2,1-5H3,(H,19,20,22)/t17-/m0/s1. The average Bonchev–Trinajstić information content (AvgIpc) is 3.24. The highest BCUT2D eigenvalue weighted by atomic mass is 35.5. The first kappa shape index (κ1) is 20.4. The lowest BCUT2D eigenvalue weighted by Crippen LogP contribution is -2.61. The molecule has 2 heterocycles. The topological polar surface area (TPSA) is 88.1 Å². The second-order valence-electron chi connectivity index (χ2n) is 8.20. The maximum Gasteiger partial charge on any atom is 0.437 e. The van der Waals surface area contributed by atoms with E-state index in [1.807, 2.05) is 6.07 Å². The third kappa shape index (κ3) is 4.41. The van der Waals surface area contributed by atoms with Gasteiger partial charge in [-0.25, -0.2) is 17.5 Å². The van der Waals surface area contributed by atoms with Gasteiger partial charge < -0.3 is 10.1 Å². The highest BCUT2D eigenvalue weighted by Gasteiger charge is 2.45. The highest BCUT2D eigenvalue weighted by molar-refractivity contribution is 7.89. The van der Waals surface area contributed by atoms with Crippen LogP contribution in [0.4, 0.5) is 4.79 Å². The molecule has 1 aliphatic heterocycles. The van der Waals surface area contributed by atoms with Crippen LogP contribution < -0.4 is 5.32 Å². The van der Waals surface area contributed by atoms with Gasteiger partial charge in [-0.2, -0.15) is 0 Å².